The van der Waals surface area contributed by atoms with Crippen LogP contribution in [0.4, 0.5) is 0 Å². The van der Waals surface area contributed by atoms with E-state index in [9.17, 15) is 14.7 Å². The molecule has 3 N–H and O–H groups in total. The van der Waals surface area contributed by atoms with Crippen molar-refractivity contribution in [3.8, 4) is 22.6 Å². The first kappa shape index (κ1) is 26.0. The third-order valence-corrected chi connectivity index (χ3v) is 6.15. The number of hydrogen-bond donors (Lipinski definition) is 3. The first-order valence-electron chi connectivity index (χ1n) is 11.9. The minimum atomic E-state index is -0.915. The molecule has 9 heteroatoms. The second kappa shape index (κ2) is 11.3. The molecule has 0 aliphatic heterocycles. The van der Waals surface area contributed by atoms with Crippen LogP contribution in [-0.4, -0.2) is 39.3 Å². The summed E-state index contributed by atoms with van der Waals surface area (Å²) in [5, 5.41) is 18.6. The second-order valence-corrected chi connectivity index (χ2v) is 8.95. The lowest BCUT2D eigenvalue weighted by molar-refractivity contribution is 0.0536. The van der Waals surface area contributed by atoms with Crippen molar-refractivity contribution < 1.29 is 24.2 Å². The molecule has 37 heavy (non-hydrogen) atoms. The number of ether oxygens (including phenoxy) is 2. The molecular formula is C28H30N2O7. The molecule has 0 saturated carbocycles. The van der Waals surface area contributed by atoms with Gasteiger partial charge in [-0.05, 0) is 84.0 Å². The molecule has 0 aliphatic rings. The van der Waals surface area contributed by atoms with Crippen molar-refractivity contribution in [1.82, 2.24) is 9.72 Å². The first-order valence-corrected chi connectivity index (χ1v) is 11.9. The molecule has 9 nitrogen and oxygen atoms in total. The van der Waals surface area contributed by atoms with Crippen molar-refractivity contribution in [2.45, 2.75) is 40.0 Å². The lowest BCUT2D eigenvalue weighted by Crippen LogP contribution is -2.21. The number of H-pyrrole nitrogens is 1. The third kappa shape index (κ3) is 6.19. The molecule has 0 radical (unpaired) electrons. The summed E-state index contributed by atoms with van der Waals surface area (Å²) in [5.74, 6) is 0.542. The van der Waals surface area contributed by atoms with Gasteiger partial charge in [0.15, 0.2) is 0 Å². The number of aliphatic hydroxyl groups excluding tert-OH is 2. The Balaban J connectivity index is 1.47. The van der Waals surface area contributed by atoms with Crippen LogP contribution in [0.25, 0.3) is 11.1 Å². The molecular weight excluding hydrogens is 476 g/mol. The van der Waals surface area contributed by atoms with Gasteiger partial charge in [0.05, 0.1) is 13.2 Å². The van der Waals surface area contributed by atoms with Gasteiger partial charge in [-0.2, -0.15) is 0 Å². The van der Waals surface area contributed by atoms with E-state index in [1.807, 2.05) is 62.4 Å². The monoisotopic (exact) mass is 506 g/mol. The Bertz CT molecular complexity index is 1460. The largest absolute Gasteiger partial charge is 0.491 e. The van der Waals surface area contributed by atoms with Gasteiger partial charge in [-0.1, -0.05) is 30.3 Å². The minimum absolute atomic E-state index is 0.0304. The number of aryl methyl sites for hydroxylation is 2. The van der Waals surface area contributed by atoms with E-state index in [0.29, 0.717) is 18.1 Å². The van der Waals surface area contributed by atoms with Crippen molar-refractivity contribution in [2.75, 3.05) is 13.2 Å². The molecule has 0 unspecified atom stereocenters. The highest BCUT2D eigenvalue weighted by Gasteiger charge is 2.14. The number of benzene rings is 3. The number of aromatic amines is 1. The molecule has 1 heterocycles. The minimum Gasteiger partial charge on any atom is -0.491 e. The number of rotatable bonds is 10. The predicted molar refractivity (Wildman–Crippen MR) is 138 cm³/mol. The van der Waals surface area contributed by atoms with E-state index in [4.69, 9.17) is 19.1 Å². The molecule has 0 saturated heterocycles. The lowest BCUT2D eigenvalue weighted by Gasteiger charge is -2.18. The predicted octanol–water partition coefficient (Wildman–Crippen LogP) is 3.08. The van der Waals surface area contributed by atoms with Crippen LogP contribution in [0, 0.1) is 20.8 Å². The van der Waals surface area contributed by atoms with Crippen LogP contribution in [0.2, 0.25) is 0 Å². The summed E-state index contributed by atoms with van der Waals surface area (Å²) in [6, 6.07) is 17.2. The number of aliphatic hydroxyl groups is 2. The molecule has 194 valence electrons. The molecule has 4 aromatic rings. The van der Waals surface area contributed by atoms with Crippen LogP contribution >= 0.6 is 0 Å². The molecule has 1 aromatic heterocycles. The van der Waals surface area contributed by atoms with Gasteiger partial charge in [-0.25, -0.2) is 14.6 Å². The Hall–Kier alpha value is -4.08. The molecule has 0 fully saturated rings. The van der Waals surface area contributed by atoms with E-state index in [1.165, 1.54) is 0 Å². The zero-order chi connectivity index (χ0) is 26.5. The van der Waals surface area contributed by atoms with Crippen LogP contribution in [0.15, 0.2) is 68.7 Å². The summed E-state index contributed by atoms with van der Waals surface area (Å²) in [6.45, 7) is 6.32. The van der Waals surface area contributed by atoms with Crippen LogP contribution in [0.3, 0.4) is 0 Å². The summed E-state index contributed by atoms with van der Waals surface area (Å²) in [7, 11) is 0. The highest BCUT2D eigenvalue weighted by Crippen LogP contribution is 2.34. The number of nitrogens with zero attached hydrogens (tertiary/aromatic N) is 1. The zero-order valence-electron chi connectivity index (χ0n) is 21.0. The number of hydrogen-bond acceptors (Lipinski definition) is 7. The number of aromatic nitrogens is 2. The normalized spacial score (nSPS) is 11.9. The maximum absolute atomic E-state index is 11.6. The topological polar surface area (TPSA) is 127 Å². The van der Waals surface area contributed by atoms with E-state index in [-0.39, 0.29) is 19.8 Å². The van der Waals surface area contributed by atoms with Gasteiger partial charge >= 0.3 is 11.4 Å². The molecule has 0 amide bonds. The van der Waals surface area contributed by atoms with E-state index in [1.54, 1.807) is 0 Å². The van der Waals surface area contributed by atoms with Crippen LogP contribution in [-0.2, 0) is 13.2 Å². The van der Waals surface area contributed by atoms with E-state index < -0.39 is 17.5 Å². The second-order valence-electron chi connectivity index (χ2n) is 8.95. The van der Waals surface area contributed by atoms with Crippen molar-refractivity contribution in [2.24, 2.45) is 0 Å². The van der Waals surface area contributed by atoms with Gasteiger partial charge in [0, 0.05) is 0 Å². The van der Waals surface area contributed by atoms with E-state index in [0.717, 1.165) is 43.7 Å². The highest BCUT2D eigenvalue weighted by molar-refractivity contribution is 5.75. The lowest BCUT2D eigenvalue weighted by atomic mass is 9.90. The number of nitrogens with one attached hydrogen (secondary N) is 1. The summed E-state index contributed by atoms with van der Waals surface area (Å²) in [5.41, 5.74) is 6.67. The van der Waals surface area contributed by atoms with Gasteiger partial charge in [0.2, 0.25) is 0 Å². The van der Waals surface area contributed by atoms with Gasteiger partial charge in [-0.15, -0.1) is 4.74 Å². The van der Waals surface area contributed by atoms with Crippen molar-refractivity contribution >= 4 is 0 Å². The fourth-order valence-electron chi connectivity index (χ4n) is 4.22. The van der Waals surface area contributed by atoms with Gasteiger partial charge in [0.25, 0.3) is 0 Å². The Morgan fingerprint density at radius 1 is 0.973 bits per heavy atom. The Kier molecular flexibility index (Phi) is 7.95. The smallest absolute Gasteiger partial charge is 0.440 e. The van der Waals surface area contributed by atoms with E-state index >= 15 is 0 Å². The van der Waals surface area contributed by atoms with Crippen molar-refractivity contribution in [3.05, 3.63) is 103 Å². The summed E-state index contributed by atoms with van der Waals surface area (Å²) in [4.78, 5) is 24.8. The Morgan fingerprint density at radius 3 is 2.30 bits per heavy atom. The Morgan fingerprint density at radius 2 is 1.68 bits per heavy atom. The van der Waals surface area contributed by atoms with Crippen molar-refractivity contribution in [3.63, 3.8) is 0 Å². The van der Waals surface area contributed by atoms with Crippen LogP contribution < -0.4 is 20.9 Å². The van der Waals surface area contributed by atoms with Crippen LogP contribution in [0.5, 0.6) is 11.5 Å². The average molecular weight is 507 g/mol. The third-order valence-electron chi connectivity index (χ3n) is 6.15. The van der Waals surface area contributed by atoms with Gasteiger partial charge in [-0.3, -0.25) is 0 Å². The standard InChI is InChI=1S/C28H30N2O7/c1-17-11-24(36-16-22(32)14-31)12-18(2)26(17)25-6-4-5-21(19(25)3)15-35-23-9-7-20(8-10-23)13-30-27(33)29-28(34)37-30/h4-12,22,31-32H,13-16H2,1-3H3,(H,29,33,34)/t22-/m1/s1. The summed E-state index contributed by atoms with van der Waals surface area (Å²) < 4.78 is 17.4. The average Bonchev–Trinajstić information content (AvgIpc) is 3.19. The Labute approximate surface area is 213 Å². The van der Waals surface area contributed by atoms with Gasteiger partial charge in [0.1, 0.15) is 30.8 Å². The maximum atomic E-state index is 11.6. The molecule has 1 atom stereocenters. The fourth-order valence-corrected chi connectivity index (χ4v) is 4.22. The van der Waals surface area contributed by atoms with Crippen molar-refractivity contribution in [1.29, 1.82) is 0 Å². The maximum Gasteiger partial charge on any atom is 0.440 e. The first-order chi connectivity index (χ1) is 17.7. The van der Waals surface area contributed by atoms with Crippen LogP contribution in [0.1, 0.15) is 27.8 Å². The quantitative estimate of drug-likeness (QED) is 0.302. The molecule has 0 aliphatic carbocycles. The molecule has 0 bridgehead atoms. The SMILES string of the molecule is Cc1cc(OC[C@H](O)CO)cc(C)c1-c1cccc(COc2ccc(Cn3oc(=O)[nH]c3=O)cc2)c1C. The zero-order valence-corrected chi connectivity index (χ0v) is 21.0. The fraction of sp³-hybridized carbons (Fsp3) is 0.286. The summed E-state index contributed by atoms with van der Waals surface area (Å²) >= 11 is 0. The summed E-state index contributed by atoms with van der Waals surface area (Å²) in [6.07, 6.45) is -0.915. The van der Waals surface area contributed by atoms with Gasteiger partial charge < -0.3 is 24.2 Å². The molecule has 4 rings (SSSR count). The molecule has 0 spiro atoms. The van der Waals surface area contributed by atoms with E-state index in [2.05, 4.69) is 18.0 Å². The highest BCUT2D eigenvalue weighted by atomic mass is 16.5. The molecule has 3 aromatic carbocycles.